The molecule has 0 amide bonds. The van der Waals surface area contributed by atoms with E-state index in [0.29, 0.717) is 16.1 Å². The van der Waals surface area contributed by atoms with Gasteiger partial charge in [-0.25, -0.2) is 0 Å². The lowest BCUT2D eigenvalue weighted by Gasteiger charge is -2.27. The molecule has 0 saturated heterocycles. The highest BCUT2D eigenvalue weighted by Crippen LogP contribution is 2.39. The average Bonchev–Trinajstić information content (AvgIpc) is 2.48. The van der Waals surface area contributed by atoms with Crippen molar-refractivity contribution in [3.05, 3.63) is 62.0 Å². The van der Waals surface area contributed by atoms with Crippen molar-refractivity contribution in [2.24, 2.45) is 0 Å². The Labute approximate surface area is 137 Å². The number of benzene rings is 2. The second kappa shape index (κ2) is 5.97. The summed E-state index contributed by atoms with van der Waals surface area (Å²) >= 11 is 15.9. The Balaban J connectivity index is 1.92. The average molecular weight is 371 g/mol. The van der Waals surface area contributed by atoms with Crippen LogP contribution >= 0.6 is 39.1 Å². The lowest BCUT2D eigenvalue weighted by Crippen LogP contribution is -2.17. The Hall–Kier alpha value is -0.700. The van der Waals surface area contributed by atoms with Crippen LogP contribution in [0.1, 0.15) is 30.0 Å². The molecule has 2 aromatic carbocycles. The molecule has 3 rings (SSSR count). The third-order valence-electron chi connectivity index (χ3n) is 3.73. The fraction of sp³-hybridized carbons (Fsp3) is 0.250. The number of fused-ring (bicyclic) bond motifs is 1. The zero-order valence-electron chi connectivity index (χ0n) is 10.8. The van der Waals surface area contributed by atoms with Crippen molar-refractivity contribution in [2.75, 3.05) is 5.32 Å². The van der Waals surface area contributed by atoms with Crippen molar-refractivity contribution in [3.8, 4) is 0 Å². The van der Waals surface area contributed by atoms with Gasteiger partial charge in [0, 0.05) is 4.47 Å². The van der Waals surface area contributed by atoms with Crippen LogP contribution in [0.4, 0.5) is 5.69 Å². The lowest BCUT2D eigenvalue weighted by molar-refractivity contribution is 0.600. The molecule has 1 atom stereocenters. The quantitative estimate of drug-likeness (QED) is 0.616. The van der Waals surface area contributed by atoms with Crippen LogP contribution in [0.15, 0.2) is 40.9 Å². The minimum absolute atomic E-state index is 0.301. The van der Waals surface area contributed by atoms with Gasteiger partial charge < -0.3 is 5.32 Å². The van der Waals surface area contributed by atoms with Crippen LogP contribution in [0.5, 0.6) is 0 Å². The monoisotopic (exact) mass is 369 g/mol. The zero-order valence-corrected chi connectivity index (χ0v) is 13.9. The van der Waals surface area contributed by atoms with E-state index in [4.69, 9.17) is 23.2 Å². The van der Waals surface area contributed by atoms with Gasteiger partial charge in [-0.15, -0.1) is 0 Å². The molecule has 1 unspecified atom stereocenters. The molecular weight excluding hydrogens is 357 g/mol. The number of nitrogens with one attached hydrogen (secondary N) is 1. The maximum absolute atomic E-state index is 6.32. The summed E-state index contributed by atoms with van der Waals surface area (Å²) in [7, 11) is 0. The summed E-state index contributed by atoms with van der Waals surface area (Å²) in [6.07, 6.45) is 3.46. The van der Waals surface area contributed by atoms with Crippen LogP contribution in [-0.2, 0) is 6.42 Å². The predicted molar refractivity (Wildman–Crippen MR) is 89.9 cm³/mol. The molecular formula is C16H14BrCl2N. The number of hydrogen-bond donors (Lipinski definition) is 1. The van der Waals surface area contributed by atoms with Crippen molar-refractivity contribution in [1.82, 2.24) is 0 Å². The summed E-state index contributed by atoms with van der Waals surface area (Å²) in [6, 6.07) is 12.8. The van der Waals surface area contributed by atoms with E-state index >= 15 is 0 Å². The third kappa shape index (κ3) is 2.69. The van der Waals surface area contributed by atoms with E-state index in [2.05, 4.69) is 45.5 Å². The largest absolute Gasteiger partial charge is 0.377 e. The third-order valence-corrected chi connectivity index (χ3v) is 5.51. The first-order valence-corrected chi connectivity index (χ1v) is 8.19. The fourth-order valence-corrected chi connectivity index (χ4v) is 3.56. The van der Waals surface area contributed by atoms with Gasteiger partial charge in [0.15, 0.2) is 0 Å². The van der Waals surface area contributed by atoms with E-state index in [1.165, 1.54) is 17.5 Å². The predicted octanol–water partition coefficient (Wildman–Crippen LogP) is 6.25. The van der Waals surface area contributed by atoms with Gasteiger partial charge >= 0.3 is 0 Å². The first kappa shape index (κ1) is 14.2. The van der Waals surface area contributed by atoms with Crippen molar-refractivity contribution >= 4 is 44.8 Å². The summed E-state index contributed by atoms with van der Waals surface area (Å²) in [5.74, 6) is 0. The highest BCUT2D eigenvalue weighted by atomic mass is 79.9. The molecule has 0 bridgehead atoms. The normalized spacial score (nSPS) is 17.6. The van der Waals surface area contributed by atoms with Crippen molar-refractivity contribution in [2.45, 2.75) is 25.3 Å². The Morgan fingerprint density at radius 1 is 1.05 bits per heavy atom. The van der Waals surface area contributed by atoms with Crippen LogP contribution < -0.4 is 5.32 Å². The minimum Gasteiger partial charge on any atom is -0.377 e. The summed E-state index contributed by atoms with van der Waals surface area (Å²) in [6.45, 7) is 0. The summed E-state index contributed by atoms with van der Waals surface area (Å²) in [4.78, 5) is 0. The Morgan fingerprint density at radius 3 is 2.70 bits per heavy atom. The van der Waals surface area contributed by atoms with E-state index in [0.717, 1.165) is 23.0 Å². The molecule has 1 aliphatic carbocycles. The smallest absolute Gasteiger partial charge is 0.0835 e. The molecule has 0 heterocycles. The molecule has 0 fully saturated rings. The Bertz CT molecular complexity index is 642. The first-order valence-electron chi connectivity index (χ1n) is 6.64. The maximum atomic E-state index is 6.32. The van der Waals surface area contributed by atoms with Gasteiger partial charge in [0.1, 0.15) is 0 Å². The summed E-state index contributed by atoms with van der Waals surface area (Å²) in [5, 5.41) is 4.67. The van der Waals surface area contributed by atoms with E-state index in [1.807, 2.05) is 12.1 Å². The molecule has 2 aromatic rings. The standard InChI is InChI=1S/C16H14BrCl2N/c17-12-8-9-14(16(19)15(12)18)20-13-7-3-5-10-4-1-2-6-11(10)13/h1-2,4,6,8-9,13,20H,3,5,7H2. The van der Waals surface area contributed by atoms with Crippen LogP contribution in [0, 0.1) is 0 Å². The van der Waals surface area contributed by atoms with Gasteiger partial charge in [0.2, 0.25) is 0 Å². The van der Waals surface area contributed by atoms with E-state index in [9.17, 15) is 0 Å². The van der Waals surface area contributed by atoms with Crippen LogP contribution in [0.2, 0.25) is 10.0 Å². The number of aryl methyl sites for hydroxylation is 1. The molecule has 20 heavy (non-hydrogen) atoms. The molecule has 1 nitrogen and oxygen atoms in total. The minimum atomic E-state index is 0.301. The molecule has 1 N–H and O–H groups in total. The molecule has 0 aliphatic heterocycles. The van der Waals surface area contributed by atoms with Gasteiger partial charge in [-0.3, -0.25) is 0 Å². The molecule has 4 heteroatoms. The molecule has 0 aromatic heterocycles. The van der Waals surface area contributed by atoms with Gasteiger partial charge in [-0.2, -0.15) is 0 Å². The van der Waals surface area contributed by atoms with Gasteiger partial charge in [-0.05, 0) is 58.5 Å². The molecule has 0 saturated carbocycles. The van der Waals surface area contributed by atoms with Gasteiger partial charge in [0.05, 0.1) is 21.8 Å². The fourth-order valence-electron chi connectivity index (χ4n) is 2.73. The highest BCUT2D eigenvalue weighted by molar-refractivity contribution is 9.10. The zero-order chi connectivity index (χ0) is 14.1. The summed E-state index contributed by atoms with van der Waals surface area (Å²) < 4.78 is 0.818. The van der Waals surface area contributed by atoms with Crippen LogP contribution in [0.3, 0.4) is 0 Å². The molecule has 0 radical (unpaired) electrons. The second-order valence-corrected chi connectivity index (χ2v) is 6.62. The molecule has 1 aliphatic rings. The van der Waals surface area contributed by atoms with Gasteiger partial charge in [-0.1, -0.05) is 47.5 Å². The SMILES string of the molecule is Clc1c(Br)ccc(NC2CCCc3ccccc32)c1Cl. The number of halogens is 3. The molecule has 104 valence electrons. The Kier molecular flexibility index (Phi) is 4.25. The van der Waals surface area contributed by atoms with Gasteiger partial charge in [0.25, 0.3) is 0 Å². The maximum Gasteiger partial charge on any atom is 0.0835 e. The number of hydrogen-bond acceptors (Lipinski definition) is 1. The lowest BCUT2D eigenvalue weighted by atomic mass is 9.87. The van der Waals surface area contributed by atoms with E-state index in [1.54, 1.807) is 0 Å². The first-order chi connectivity index (χ1) is 9.66. The number of rotatable bonds is 2. The van der Waals surface area contributed by atoms with Crippen molar-refractivity contribution in [3.63, 3.8) is 0 Å². The van der Waals surface area contributed by atoms with Crippen molar-refractivity contribution < 1.29 is 0 Å². The number of anilines is 1. The van der Waals surface area contributed by atoms with Crippen LogP contribution in [0.25, 0.3) is 0 Å². The van der Waals surface area contributed by atoms with E-state index < -0.39 is 0 Å². The van der Waals surface area contributed by atoms with Crippen molar-refractivity contribution in [1.29, 1.82) is 0 Å². The highest BCUT2D eigenvalue weighted by Gasteiger charge is 2.20. The van der Waals surface area contributed by atoms with Crippen LogP contribution in [-0.4, -0.2) is 0 Å². The van der Waals surface area contributed by atoms with E-state index in [-0.39, 0.29) is 0 Å². The summed E-state index contributed by atoms with van der Waals surface area (Å²) in [5.41, 5.74) is 3.69. The second-order valence-electron chi connectivity index (χ2n) is 5.01. The topological polar surface area (TPSA) is 12.0 Å². The molecule has 0 spiro atoms. The Morgan fingerprint density at radius 2 is 1.85 bits per heavy atom.